The predicted octanol–water partition coefficient (Wildman–Crippen LogP) is 3.44. The van der Waals surface area contributed by atoms with Crippen LogP contribution in [0.3, 0.4) is 0 Å². The number of ether oxygens (including phenoxy) is 2. The largest absolute Gasteiger partial charge is 0.495 e. The van der Waals surface area contributed by atoms with Gasteiger partial charge >= 0.3 is 5.97 Å². The Hall–Kier alpha value is -3.02. The van der Waals surface area contributed by atoms with Crippen molar-refractivity contribution in [2.24, 2.45) is 4.99 Å². The molecule has 35 heavy (non-hydrogen) atoms. The zero-order chi connectivity index (χ0) is 25.6. The minimum Gasteiger partial charge on any atom is -0.495 e. The van der Waals surface area contributed by atoms with Crippen LogP contribution in [0.15, 0.2) is 52.4 Å². The zero-order valence-electron chi connectivity index (χ0n) is 20.2. The van der Waals surface area contributed by atoms with Crippen LogP contribution in [0.1, 0.15) is 37.0 Å². The van der Waals surface area contributed by atoms with Crippen molar-refractivity contribution in [3.63, 3.8) is 0 Å². The summed E-state index contributed by atoms with van der Waals surface area (Å²) < 4.78 is 39.9. The lowest BCUT2D eigenvalue weighted by Gasteiger charge is -2.20. The Bertz CT molecular complexity index is 1370. The molecule has 0 saturated heterocycles. The lowest BCUT2D eigenvalue weighted by atomic mass is 10.2. The van der Waals surface area contributed by atoms with Crippen LogP contribution in [0.25, 0.3) is 10.2 Å². The summed E-state index contributed by atoms with van der Waals surface area (Å²) in [6.45, 7) is 4.47. The number of hydrogen-bond donors (Lipinski definition) is 0. The Morgan fingerprint density at radius 3 is 2.40 bits per heavy atom. The van der Waals surface area contributed by atoms with Gasteiger partial charge in [-0.2, -0.15) is 9.30 Å². The topological polar surface area (TPSA) is 107 Å². The number of sulfonamides is 1. The van der Waals surface area contributed by atoms with E-state index in [1.807, 2.05) is 19.1 Å². The number of aromatic nitrogens is 1. The highest BCUT2D eigenvalue weighted by molar-refractivity contribution is 7.89. The lowest BCUT2D eigenvalue weighted by Crippen LogP contribution is -2.31. The third-order valence-corrected chi connectivity index (χ3v) is 8.48. The van der Waals surface area contributed by atoms with Crippen molar-refractivity contribution < 1.29 is 27.5 Å². The molecule has 11 heteroatoms. The summed E-state index contributed by atoms with van der Waals surface area (Å²) in [7, 11) is -0.841. The third kappa shape index (κ3) is 5.80. The Morgan fingerprint density at radius 1 is 1.09 bits per heavy atom. The number of carbonyl (C=O) groups is 2. The van der Waals surface area contributed by atoms with Crippen LogP contribution < -0.4 is 9.54 Å². The van der Waals surface area contributed by atoms with Gasteiger partial charge in [-0.25, -0.2) is 8.42 Å². The van der Waals surface area contributed by atoms with Crippen molar-refractivity contribution in [1.82, 2.24) is 8.87 Å². The van der Waals surface area contributed by atoms with E-state index in [1.54, 1.807) is 17.6 Å². The van der Waals surface area contributed by atoms with E-state index in [9.17, 15) is 18.0 Å². The van der Waals surface area contributed by atoms with E-state index in [0.29, 0.717) is 29.2 Å². The van der Waals surface area contributed by atoms with Crippen LogP contribution in [-0.2, 0) is 26.1 Å². The molecule has 3 rings (SSSR count). The second kappa shape index (κ2) is 11.6. The fourth-order valence-electron chi connectivity index (χ4n) is 3.54. The number of amides is 1. The fourth-order valence-corrected chi connectivity index (χ4v) is 6.07. The number of unbranched alkanes of at least 4 members (excludes halogenated alkanes) is 1. The minimum atomic E-state index is -3.65. The average Bonchev–Trinajstić information content (AvgIpc) is 3.20. The van der Waals surface area contributed by atoms with E-state index >= 15 is 0 Å². The average molecular weight is 520 g/mol. The zero-order valence-corrected chi connectivity index (χ0v) is 21.8. The number of thiazole rings is 1. The van der Waals surface area contributed by atoms with Crippen LogP contribution in [0.4, 0.5) is 0 Å². The van der Waals surface area contributed by atoms with Crippen LogP contribution in [-0.4, -0.2) is 56.5 Å². The predicted molar refractivity (Wildman–Crippen MR) is 134 cm³/mol. The van der Waals surface area contributed by atoms with E-state index in [0.717, 1.165) is 17.5 Å². The lowest BCUT2D eigenvalue weighted by molar-refractivity contribution is -0.141. The van der Waals surface area contributed by atoms with Gasteiger partial charge in [0.1, 0.15) is 17.8 Å². The summed E-state index contributed by atoms with van der Waals surface area (Å²) in [5.41, 5.74) is 0.861. The molecular weight excluding hydrogens is 490 g/mol. The van der Waals surface area contributed by atoms with E-state index in [-0.39, 0.29) is 17.0 Å². The van der Waals surface area contributed by atoms with Crippen LogP contribution in [0.5, 0.6) is 5.75 Å². The Balaban J connectivity index is 1.99. The molecule has 0 atom stereocenters. The number of esters is 1. The molecule has 3 aromatic rings. The molecule has 1 heterocycles. The van der Waals surface area contributed by atoms with Crippen LogP contribution >= 0.6 is 11.3 Å². The smallest absolute Gasteiger partial charge is 0.325 e. The molecule has 0 spiro atoms. The van der Waals surface area contributed by atoms with E-state index in [2.05, 4.69) is 4.99 Å². The summed E-state index contributed by atoms with van der Waals surface area (Å²) >= 11 is 1.24. The van der Waals surface area contributed by atoms with Gasteiger partial charge in [0.2, 0.25) is 10.0 Å². The quantitative estimate of drug-likeness (QED) is 0.380. The molecular formula is C24H29N3O6S2. The second-order valence-electron chi connectivity index (χ2n) is 7.65. The van der Waals surface area contributed by atoms with Gasteiger partial charge in [-0.05, 0) is 42.8 Å². The summed E-state index contributed by atoms with van der Waals surface area (Å²) in [6, 6.07) is 11.2. The molecule has 188 valence electrons. The molecule has 2 aromatic carbocycles. The summed E-state index contributed by atoms with van der Waals surface area (Å²) in [6.07, 6.45) is 1.66. The van der Waals surface area contributed by atoms with Crippen molar-refractivity contribution >= 4 is 43.5 Å². The first-order valence-electron chi connectivity index (χ1n) is 11.2. The summed E-state index contributed by atoms with van der Waals surface area (Å²) in [5, 5.41) is 0. The maximum absolute atomic E-state index is 13.0. The number of fused-ring (bicyclic) bond motifs is 1. The molecule has 1 aromatic heterocycles. The maximum Gasteiger partial charge on any atom is 0.325 e. The number of carbonyl (C=O) groups excluding carboxylic acids is 2. The van der Waals surface area contributed by atoms with Gasteiger partial charge in [-0.1, -0.05) is 37.7 Å². The highest BCUT2D eigenvalue weighted by Crippen LogP contribution is 2.27. The fraction of sp³-hybridized carbons (Fsp3) is 0.375. The molecule has 0 aliphatic heterocycles. The molecule has 0 saturated carbocycles. The van der Waals surface area contributed by atoms with Crippen molar-refractivity contribution in [3.05, 3.63) is 52.8 Å². The van der Waals surface area contributed by atoms with Gasteiger partial charge in [0.25, 0.3) is 5.91 Å². The number of para-hydroxylation sites is 1. The highest BCUT2D eigenvalue weighted by Gasteiger charge is 2.23. The Labute approximate surface area is 208 Å². The molecule has 0 fully saturated rings. The SMILES string of the molecule is CCCCN(CC)S(=O)(=O)c1ccc(C(=O)N=c2sc3cccc(OC)c3n2CC(=O)OC)cc1. The molecule has 0 unspecified atom stereocenters. The van der Waals surface area contributed by atoms with Crippen molar-refractivity contribution in [2.75, 3.05) is 27.3 Å². The van der Waals surface area contributed by atoms with E-state index < -0.39 is 21.9 Å². The number of nitrogens with zero attached hydrogens (tertiary/aromatic N) is 3. The first-order valence-corrected chi connectivity index (χ1v) is 13.4. The molecule has 9 nitrogen and oxygen atoms in total. The molecule has 0 aliphatic carbocycles. The number of hydrogen-bond acceptors (Lipinski definition) is 7. The van der Waals surface area contributed by atoms with Crippen molar-refractivity contribution in [2.45, 2.75) is 38.1 Å². The standard InChI is InChI=1S/C24H29N3O6S2/c1-5-7-15-26(6-2)35(30,31)18-13-11-17(12-14-18)23(29)25-24-27(16-21(28)33-4)22-19(32-3)9-8-10-20(22)34-24/h8-14H,5-7,15-16H2,1-4H3. The first kappa shape index (κ1) is 26.6. The third-order valence-electron chi connectivity index (χ3n) is 5.45. The number of rotatable bonds is 10. The summed E-state index contributed by atoms with van der Waals surface area (Å²) in [4.78, 5) is 29.7. The van der Waals surface area contributed by atoms with Crippen molar-refractivity contribution in [1.29, 1.82) is 0 Å². The van der Waals surface area contributed by atoms with E-state index in [4.69, 9.17) is 9.47 Å². The highest BCUT2D eigenvalue weighted by atomic mass is 32.2. The van der Waals surface area contributed by atoms with E-state index in [1.165, 1.54) is 54.1 Å². The van der Waals surface area contributed by atoms with Gasteiger partial charge in [-0.15, -0.1) is 0 Å². The maximum atomic E-state index is 13.0. The molecule has 0 aliphatic rings. The monoisotopic (exact) mass is 519 g/mol. The first-order chi connectivity index (χ1) is 16.8. The molecule has 0 N–H and O–H groups in total. The van der Waals surface area contributed by atoms with Gasteiger partial charge in [0.05, 0.1) is 23.8 Å². The van der Waals surface area contributed by atoms with Gasteiger partial charge in [0.15, 0.2) is 4.80 Å². The van der Waals surface area contributed by atoms with Gasteiger partial charge < -0.3 is 14.0 Å². The van der Waals surface area contributed by atoms with Gasteiger partial charge in [-0.3, -0.25) is 9.59 Å². The van der Waals surface area contributed by atoms with Gasteiger partial charge in [0, 0.05) is 18.7 Å². The molecule has 0 bridgehead atoms. The normalized spacial score (nSPS) is 12.3. The van der Waals surface area contributed by atoms with Crippen molar-refractivity contribution in [3.8, 4) is 5.75 Å². The minimum absolute atomic E-state index is 0.124. The van der Waals surface area contributed by atoms with Crippen LogP contribution in [0, 0.1) is 0 Å². The Kier molecular flexibility index (Phi) is 8.82. The Morgan fingerprint density at radius 2 is 1.80 bits per heavy atom. The molecule has 1 amide bonds. The summed E-state index contributed by atoms with van der Waals surface area (Å²) in [5.74, 6) is -0.520. The van der Waals surface area contributed by atoms with Crippen LogP contribution in [0.2, 0.25) is 0 Å². The number of methoxy groups -OCH3 is 2. The molecule has 0 radical (unpaired) electrons. The number of benzene rings is 2. The second-order valence-corrected chi connectivity index (χ2v) is 10.6.